The molecule has 3 unspecified atom stereocenters. The maximum absolute atomic E-state index is 12.1. The Bertz CT molecular complexity index is 307. The molecule has 0 aromatic carbocycles. The minimum atomic E-state index is -0.741. The first-order valence-electron chi connectivity index (χ1n) is 6.71. The van der Waals surface area contributed by atoms with Crippen molar-refractivity contribution in [3.05, 3.63) is 0 Å². The van der Waals surface area contributed by atoms with E-state index in [2.05, 4.69) is 5.32 Å². The molecular formula is C13H24N2O3. The van der Waals surface area contributed by atoms with Crippen LogP contribution in [0.3, 0.4) is 0 Å². The minimum absolute atomic E-state index is 0.0289. The van der Waals surface area contributed by atoms with Gasteiger partial charge in [0.2, 0.25) is 5.91 Å². The van der Waals surface area contributed by atoms with E-state index in [9.17, 15) is 9.59 Å². The fourth-order valence-corrected chi connectivity index (χ4v) is 2.57. The van der Waals surface area contributed by atoms with Crippen molar-refractivity contribution in [1.29, 1.82) is 0 Å². The molecule has 0 aromatic heterocycles. The number of aliphatic carboxylic acids is 1. The lowest BCUT2D eigenvalue weighted by molar-refractivity contribution is -0.147. The molecule has 2 N–H and O–H groups in total. The molecule has 0 saturated carbocycles. The Morgan fingerprint density at radius 1 is 1.50 bits per heavy atom. The summed E-state index contributed by atoms with van der Waals surface area (Å²) in [6, 6.07) is 0.202. The summed E-state index contributed by atoms with van der Waals surface area (Å²) in [5, 5.41) is 12.2. The van der Waals surface area contributed by atoms with Crippen molar-refractivity contribution >= 4 is 11.9 Å². The predicted octanol–water partition coefficient (Wildman–Crippen LogP) is 1.09. The lowest BCUT2D eigenvalue weighted by Gasteiger charge is -2.36. The van der Waals surface area contributed by atoms with Gasteiger partial charge in [0, 0.05) is 25.0 Å². The molecule has 1 fully saturated rings. The monoisotopic (exact) mass is 256 g/mol. The molecule has 0 aliphatic carbocycles. The fraction of sp³-hybridized carbons (Fsp3) is 0.846. The highest BCUT2D eigenvalue weighted by atomic mass is 16.4. The van der Waals surface area contributed by atoms with Gasteiger partial charge in [-0.15, -0.1) is 0 Å². The van der Waals surface area contributed by atoms with Gasteiger partial charge in [0.1, 0.15) is 0 Å². The topological polar surface area (TPSA) is 69.6 Å². The Balaban J connectivity index is 2.48. The van der Waals surface area contributed by atoms with Crippen LogP contribution in [0.25, 0.3) is 0 Å². The molecular weight excluding hydrogens is 232 g/mol. The van der Waals surface area contributed by atoms with Crippen molar-refractivity contribution in [3.8, 4) is 0 Å². The van der Waals surface area contributed by atoms with E-state index in [0.717, 1.165) is 6.54 Å². The van der Waals surface area contributed by atoms with Gasteiger partial charge in [0.25, 0.3) is 0 Å². The Morgan fingerprint density at radius 2 is 2.17 bits per heavy atom. The van der Waals surface area contributed by atoms with Gasteiger partial charge in [0.05, 0.1) is 5.92 Å². The van der Waals surface area contributed by atoms with Gasteiger partial charge in [-0.3, -0.25) is 9.59 Å². The third-order valence-corrected chi connectivity index (χ3v) is 3.58. The molecule has 0 bridgehead atoms. The Kier molecular flexibility index (Phi) is 5.59. The molecule has 0 spiro atoms. The van der Waals surface area contributed by atoms with E-state index in [1.807, 2.05) is 25.7 Å². The average Bonchev–Trinajstić information content (AvgIpc) is 2.28. The van der Waals surface area contributed by atoms with Crippen LogP contribution in [0.2, 0.25) is 0 Å². The van der Waals surface area contributed by atoms with Crippen LogP contribution in [-0.2, 0) is 9.59 Å². The van der Waals surface area contributed by atoms with Gasteiger partial charge in [-0.25, -0.2) is 0 Å². The largest absolute Gasteiger partial charge is 0.481 e. The molecule has 0 radical (unpaired) electrons. The van der Waals surface area contributed by atoms with E-state index < -0.39 is 5.97 Å². The molecule has 1 rings (SSSR count). The van der Waals surface area contributed by atoms with Gasteiger partial charge in [-0.1, -0.05) is 6.92 Å². The van der Waals surface area contributed by atoms with E-state index in [1.165, 1.54) is 0 Å². The lowest BCUT2D eigenvalue weighted by Crippen LogP contribution is -2.47. The Labute approximate surface area is 109 Å². The van der Waals surface area contributed by atoms with Crippen molar-refractivity contribution < 1.29 is 14.7 Å². The van der Waals surface area contributed by atoms with E-state index in [4.69, 9.17) is 5.11 Å². The molecule has 3 atom stereocenters. The van der Waals surface area contributed by atoms with Crippen molar-refractivity contribution in [2.75, 3.05) is 13.1 Å². The van der Waals surface area contributed by atoms with Gasteiger partial charge >= 0.3 is 5.97 Å². The van der Waals surface area contributed by atoms with Crippen LogP contribution in [-0.4, -0.2) is 47.1 Å². The SMILES string of the molecule is CCNC(C)CC(=O)N1CCC(C(=O)O)CC1C. The van der Waals surface area contributed by atoms with Gasteiger partial charge in [-0.2, -0.15) is 0 Å². The molecule has 1 heterocycles. The van der Waals surface area contributed by atoms with Crippen LogP contribution >= 0.6 is 0 Å². The van der Waals surface area contributed by atoms with E-state index >= 15 is 0 Å². The van der Waals surface area contributed by atoms with Crippen LogP contribution in [0.4, 0.5) is 0 Å². The maximum Gasteiger partial charge on any atom is 0.306 e. The summed E-state index contributed by atoms with van der Waals surface area (Å²) in [4.78, 5) is 24.9. The zero-order chi connectivity index (χ0) is 13.7. The van der Waals surface area contributed by atoms with Crippen molar-refractivity contribution in [2.24, 2.45) is 5.92 Å². The Hall–Kier alpha value is -1.10. The van der Waals surface area contributed by atoms with Crippen LogP contribution in [0.1, 0.15) is 40.0 Å². The smallest absolute Gasteiger partial charge is 0.306 e. The molecule has 1 amide bonds. The number of carbonyl (C=O) groups is 2. The average molecular weight is 256 g/mol. The molecule has 5 nitrogen and oxygen atoms in total. The molecule has 1 aliphatic heterocycles. The molecule has 1 aliphatic rings. The zero-order valence-corrected chi connectivity index (χ0v) is 11.5. The van der Waals surface area contributed by atoms with Crippen LogP contribution in [0.5, 0.6) is 0 Å². The van der Waals surface area contributed by atoms with E-state index in [0.29, 0.717) is 25.8 Å². The number of hydrogen-bond acceptors (Lipinski definition) is 3. The number of likely N-dealkylation sites (tertiary alicyclic amines) is 1. The normalized spacial score (nSPS) is 25.8. The molecule has 0 aromatic rings. The van der Waals surface area contributed by atoms with Crippen molar-refractivity contribution in [2.45, 2.75) is 52.1 Å². The lowest BCUT2D eigenvalue weighted by atomic mass is 9.91. The number of piperidine rings is 1. The first-order chi connectivity index (χ1) is 8.45. The Morgan fingerprint density at radius 3 is 2.67 bits per heavy atom. The van der Waals surface area contributed by atoms with Gasteiger partial charge in [0.15, 0.2) is 0 Å². The number of nitrogens with zero attached hydrogens (tertiary/aromatic N) is 1. The number of carboxylic acids is 1. The third kappa shape index (κ3) is 3.98. The van der Waals surface area contributed by atoms with Crippen molar-refractivity contribution in [3.63, 3.8) is 0 Å². The summed E-state index contributed by atoms with van der Waals surface area (Å²) < 4.78 is 0. The summed E-state index contributed by atoms with van der Waals surface area (Å²) in [6.45, 7) is 7.36. The highest BCUT2D eigenvalue weighted by Crippen LogP contribution is 2.23. The highest BCUT2D eigenvalue weighted by molar-refractivity contribution is 5.78. The van der Waals surface area contributed by atoms with Gasteiger partial charge in [-0.05, 0) is 33.2 Å². The highest BCUT2D eigenvalue weighted by Gasteiger charge is 2.32. The second kappa shape index (κ2) is 6.73. The number of carboxylic acid groups (broad SMARTS) is 1. The number of amides is 1. The number of nitrogens with one attached hydrogen (secondary N) is 1. The number of rotatable bonds is 5. The first-order valence-corrected chi connectivity index (χ1v) is 6.71. The molecule has 18 heavy (non-hydrogen) atoms. The molecule has 5 heteroatoms. The second-order valence-corrected chi connectivity index (χ2v) is 5.16. The molecule has 1 saturated heterocycles. The first kappa shape index (κ1) is 15.0. The summed E-state index contributed by atoms with van der Waals surface area (Å²) in [5.41, 5.74) is 0. The zero-order valence-electron chi connectivity index (χ0n) is 11.5. The standard InChI is InChI=1S/C13H24N2O3/c1-4-14-9(2)7-12(16)15-6-5-11(13(17)18)8-10(15)3/h9-11,14H,4-8H2,1-3H3,(H,17,18). The van der Waals surface area contributed by atoms with Crippen LogP contribution < -0.4 is 5.32 Å². The fourth-order valence-electron chi connectivity index (χ4n) is 2.57. The minimum Gasteiger partial charge on any atom is -0.481 e. The third-order valence-electron chi connectivity index (χ3n) is 3.58. The summed E-state index contributed by atoms with van der Waals surface area (Å²) in [5.74, 6) is -0.912. The van der Waals surface area contributed by atoms with E-state index in [1.54, 1.807) is 0 Å². The number of hydrogen-bond donors (Lipinski definition) is 2. The van der Waals surface area contributed by atoms with Crippen LogP contribution in [0, 0.1) is 5.92 Å². The quantitative estimate of drug-likeness (QED) is 0.772. The van der Waals surface area contributed by atoms with Crippen LogP contribution in [0.15, 0.2) is 0 Å². The van der Waals surface area contributed by atoms with Crippen molar-refractivity contribution in [1.82, 2.24) is 10.2 Å². The number of carbonyl (C=O) groups excluding carboxylic acids is 1. The predicted molar refractivity (Wildman–Crippen MR) is 69.3 cm³/mol. The summed E-state index contributed by atoms with van der Waals surface area (Å²) >= 11 is 0. The van der Waals surface area contributed by atoms with E-state index in [-0.39, 0.29) is 23.9 Å². The molecule has 104 valence electrons. The summed E-state index contributed by atoms with van der Waals surface area (Å²) in [6.07, 6.45) is 1.62. The maximum atomic E-state index is 12.1. The van der Waals surface area contributed by atoms with Gasteiger partial charge < -0.3 is 15.3 Å². The second-order valence-electron chi connectivity index (χ2n) is 5.16. The summed E-state index contributed by atoms with van der Waals surface area (Å²) in [7, 11) is 0.